The van der Waals surface area contributed by atoms with Gasteiger partial charge >= 0.3 is 99.6 Å². The molecule has 1 fully saturated rings. The third-order valence-electron chi connectivity index (χ3n) is 2.86. The van der Waals surface area contributed by atoms with Gasteiger partial charge in [-0.25, -0.2) is 0 Å². The molecule has 1 aliphatic rings. The van der Waals surface area contributed by atoms with Crippen LogP contribution in [-0.2, 0) is 39.7 Å². The van der Waals surface area contributed by atoms with E-state index < -0.39 is 29.4 Å². The fourth-order valence-electron chi connectivity index (χ4n) is 1.64. The number of carbonyl (C=O) groups is 1. The summed E-state index contributed by atoms with van der Waals surface area (Å²) in [6.07, 6.45) is -4.51. The van der Waals surface area contributed by atoms with Crippen molar-refractivity contribution < 1.29 is 229 Å². The smallest absolute Gasteiger partial charge is 0 e. The monoisotopic (exact) mass is 1490 g/mol. The van der Waals surface area contributed by atoms with Crippen molar-refractivity contribution in [1.29, 1.82) is 0 Å². The molecule has 0 bridgehead atoms. The maximum atomic E-state index is 10.5. The van der Waals surface area contributed by atoms with Crippen molar-refractivity contribution >= 4 is 33.8 Å². The van der Waals surface area contributed by atoms with Crippen LogP contribution in [0, 0.1) is 176 Å². The molecule has 1 heterocycles. The minimum Gasteiger partial charge on any atom is 0 e. The molecule has 5 radical (unpaired) electrons. The molecule has 139 valence electrons. The van der Waals surface area contributed by atoms with Crippen LogP contribution in [-0.4, -0.2) is 77.6 Å². The van der Waals surface area contributed by atoms with E-state index in [0.717, 1.165) is 0 Å². The number of aliphatic hydroxyl groups is 4. The molecule has 1 aromatic rings. The van der Waals surface area contributed by atoms with Gasteiger partial charge in [0.25, 0.3) is 0 Å². The third-order valence-corrected chi connectivity index (χ3v) is 3.91. The Kier molecular flexibility index (Phi) is 39.0. The van der Waals surface area contributed by atoms with Crippen LogP contribution in [0.1, 0.15) is 10.4 Å². The second-order valence-electron chi connectivity index (χ2n) is 4.35. The van der Waals surface area contributed by atoms with Crippen LogP contribution < -0.4 is 0 Å². The van der Waals surface area contributed by atoms with E-state index in [2.05, 4.69) is 28.6 Å². The molecule has 13 heteroatoms. The fraction of sp³-hybridized carbons (Fsp3) is 0.462. The first-order valence-electron chi connectivity index (χ1n) is 6.11. The van der Waals surface area contributed by atoms with Gasteiger partial charge in [0.05, 0.1) is 0 Å². The minimum atomic E-state index is -1.28. The molecule has 6 nitrogen and oxygen atoms in total. The van der Waals surface area contributed by atoms with Crippen LogP contribution in [0.5, 0.6) is 0 Å². The Hall–Kier alpha value is 5.94. The van der Waals surface area contributed by atoms with Crippen molar-refractivity contribution in [2.45, 2.75) is 29.4 Å². The number of rotatable bonds is 2. The molecule has 0 amide bonds. The van der Waals surface area contributed by atoms with Gasteiger partial charge in [-0.05, 0) is 5.56 Å². The zero-order valence-corrected chi connectivity index (χ0v) is 37.2. The summed E-state index contributed by atoms with van der Waals surface area (Å²) in [6, 6.07) is 8.84. The Balaban J connectivity index is -0.0000000971. The zero-order valence-electron chi connectivity index (χ0n) is 13.5. The molecule has 0 aliphatic carbocycles. The third kappa shape index (κ3) is 15.7. The Morgan fingerprint density at radius 3 is 1.81 bits per heavy atom. The summed E-state index contributed by atoms with van der Waals surface area (Å²) in [4.78, 5) is 10.5. The summed E-state index contributed by atoms with van der Waals surface area (Å²) < 4.78 is 4.96. The minimum absolute atomic E-state index is 0. The molecule has 1 aliphatic heterocycles. The number of carbonyl (C=O) groups excluding carboxylic acids is 1. The maximum Gasteiger partial charge on any atom is 1.00 e. The molecule has 26 heavy (non-hydrogen) atoms. The van der Waals surface area contributed by atoms with Crippen LogP contribution in [0.15, 0.2) is 30.3 Å². The first kappa shape index (κ1) is 42.1. The standard InChI is InChI=1S/C7H6OS.C6H11O5Se.4Ac.Au/c8-7(9)6-4-2-1-3-5-6;7-1-2-3(8)4(9)5(10)6(12)11-2;;;;;/h1-5H,(H,8,9);2-10H,1H2;;;;;/q;;;;;;+1/p-1. The second-order valence-corrected chi connectivity index (χ2v) is 5.70. The Labute approximate surface area is 325 Å². The Morgan fingerprint density at radius 2 is 1.46 bits per heavy atom. The van der Waals surface area contributed by atoms with E-state index in [1.54, 1.807) is 24.3 Å². The molecule has 2 rings (SSSR count). The molecule has 0 aromatic heterocycles. The zero-order chi connectivity index (χ0) is 16.0. The summed E-state index contributed by atoms with van der Waals surface area (Å²) in [5, 5.41) is 35.3. The van der Waals surface area contributed by atoms with E-state index in [1.807, 2.05) is 6.07 Å². The van der Waals surface area contributed by atoms with Crippen LogP contribution in [0.3, 0.4) is 0 Å². The van der Waals surface area contributed by atoms with Crippen molar-refractivity contribution in [3.63, 3.8) is 0 Å². The average Bonchev–Trinajstić information content (AvgIpc) is 2.50. The van der Waals surface area contributed by atoms with E-state index in [-0.39, 0.29) is 210 Å². The van der Waals surface area contributed by atoms with E-state index in [4.69, 9.17) is 9.84 Å². The van der Waals surface area contributed by atoms with Gasteiger partial charge in [-0.2, -0.15) is 0 Å². The predicted octanol–water partition coefficient (Wildman–Crippen LogP) is -1.67. The van der Waals surface area contributed by atoms with E-state index in [0.29, 0.717) is 5.56 Å². The first-order chi connectivity index (χ1) is 9.88. The van der Waals surface area contributed by atoms with Gasteiger partial charge in [0.1, 0.15) is 0 Å². The summed E-state index contributed by atoms with van der Waals surface area (Å²) in [5.41, 5.74) is 0.590. The number of aliphatic hydroxyl groups excluding tert-OH is 4. The molecule has 5 atom stereocenters. The van der Waals surface area contributed by atoms with E-state index >= 15 is 0 Å². The quantitative estimate of drug-likeness (QED) is 0.208. The van der Waals surface area contributed by atoms with Crippen molar-refractivity contribution in [2.75, 3.05) is 6.61 Å². The molecule has 1 aromatic carbocycles. The molecule has 4 N–H and O–H groups in total. The van der Waals surface area contributed by atoms with Crippen molar-refractivity contribution in [1.82, 2.24) is 0 Å². The fourth-order valence-corrected chi connectivity index (χ4v) is 2.41. The normalized spacial score (nSPS) is 25.8. The Morgan fingerprint density at radius 1 is 1.00 bits per heavy atom. The van der Waals surface area contributed by atoms with E-state index in [1.165, 1.54) is 0 Å². The van der Waals surface area contributed by atoms with E-state index in [9.17, 15) is 20.1 Å². The van der Waals surface area contributed by atoms with Gasteiger partial charge < -0.3 is 17.4 Å². The summed E-state index contributed by atoms with van der Waals surface area (Å²) in [5.74, 6) is 0. The number of ether oxygens (including phenoxy) is 1. The van der Waals surface area contributed by atoms with Gasteiger partial charge in [-0.3, -0.25) is 0 Å². The maximum absolute atomic E-state index is 10.5. The molecule has 0 spiro atoms. The van der Waals surface area contributed by atoms with Gasteiger partial charge in [-0.15, -0.1) is 0 Å². The van der Waals surface area contributed by atoms with Crippen LogP contribution in [0.25, 0.3) is 0 Å². The molecular formula is C13H16Ac4AuO6SSe. The average molecular weight is 1480 g/mol. The number of benzene rings is 1. The molecular weight excluding hydrogens is 1470 g/mol. The molecule has 5 unspecified atom stereocenters. The molecule has 0 saturated carbocycles. The van der Waals surface area contributed by atoms with Crippen LogP contribution >= 0.6 is 0 Å². The first-order valence-corrected chi connectivity index (χ1v) is 7.51. The largest absolute Gasteiger partial charge is 1.00 e. The second kappa shape index (κ2) is 24.1. The SMILES string of the molecule is O=C([S-])c1ccccc1.OCC1OC([Se])C(O)C(O)C1O.[Ac].[Ac].[Ac].[Ac].[Au+]. The molecule has 1 saturated heterocycles. The van der Waals surface area contributed by atoms with Crippen molar-refractivity contribution in [3.05, 3.63) is 35.9 Å². The van der Waals surface area contributed by atoms with Crippen LogP contribution in [0.2, 0.25) is 0 Å². The van der Waals surface area contributed by atoms with Gasteiger partial charge in [0.2, 0.25) is 0 Å². The number of hydrogen-bond acceptors (Lipinski definition) is 7. The van der Waals surface area contributed by atoms with Crippen molar-refractivity contribution in [3.8, 4) is 0 Å². The van der Waals surface area contributed by atoms with Gasteiger partial charge in [-0.1, -0.05) is 30.3 Å². The predicted molar refractivity (Wildman–Crippen MR) is 77.7 cm³/mol. The Bertz CT molecular complexity index is 463. The van der Waals surface area contributed by atoms with Crippen LogP contribution in [0.4, 0.5) is 0 Å². The summed E-state index contributed by atoms with van der Waals surface area (Å²) in [6.45, 7) is -0.386. The van der Waals surface area contributed by atoms with Gasteiger partial charge in [0, 0.05) is 181 Å². The van der Waals surface area contributed by atoms with Gasteiger partial charge in [0.15, 0.2) is 0 Å². The summed E-state index contributed by atoms with van der Waals surface area (Å²) >= 11 is 6.90. The summed E-state index contributed by atoms with van der Waals surface area (Å²) in [7, 11) is 0. The number of hydrogen-bond donors (Lipinski definition) is 4. The van der Waals surface area contributed by atoms with Crippen molar-refractivity contribution in [2.24, 2.45) is 0 Å². The topological polar surface area (TPSA) is 107 Å².